The van der Waals surface area contributed by atoms with Gasteiger partial charge in [0.1, 0.15) is 0 Å². The molecule has 0 aliphatic rings. The minimum absolute atomic E-state index is 0.732. The van der Waals surface area contributed by atoms with Gasteiger partial charge in [-0.1, -0.05) is 51.3 Å². The molecule has 0 bridgehead atoms. The van der Waals surface area contributed by atoms with E-state index in [1.54, 1.807) is 0 Å². The number of halogens is 1. The maximum Gasteiger partial charge on any atom is 0.0498 e. The molecule has 0 radical (unpaired) electrons. The predicted molar refractivity (Wildman–Crippen MR) is 93.0 cm³/mol. The first-order chi connectivity index (χ1) is 10.2. The normalized spacial score (nSPS) is 11.7. The molecule has 0 fully saturated rings. The Hall–Kier alpha value is -0.990. The van der Waals surface area contributed by atoms with Crippen molar-refractivity contribution >= 4 is 22.5 Å². The molecule has 1 aromatic carbocycles. The first-order valence-electron chi connectivity index (χ1n) is 8.17. The number of fused-ring (bicyclic) bond motifs is 1. The number of aromatic nitrogens is 1. The molecule has 2 rings (SSSR count). The van der Waals surface area contributed by atoms with E-state index in [2.05, 4.69) is 49.0 Å². The monoisotopic (exact) mass is 306 g/mol. The average molecular weight is 307 g/mol. The Bertz CT molecular complexity index is 570. The fraction of sp³-hybridized carbons (Fsp3) is 0.556. The van der Waals surface area contributed by atoms with Crippen molar-refractivity contribution in [1.82, 2.24) is 9.88 Å². The molecule has 0 unspecified atom stereocenters. The molecular weight excluding hydrogens is 280 g/mol. The molecule has 0 spiro atoms. The molecule has 0 aliphatic heterocycles. The lowest BCUT2D eigenvalue weighted by molar-refractivity contribution is 0.425. The van der Waals surface area contributed by atoms with Gasteiger partial charge >= 0.3 is 0 Å². The lowest BCUT2D eigenvalue weighted by Crippen LogP contribution is -2.13. The number of hydrogen-bond acceptors (Lipinski definition) is 1. The van der Waals surface area contributed by atoms with Crippen LogP contribution in [-0.2, 0) is 13.1 Å². The van der Waals surface area contributed by atoms with Gasteiger partial charge in [-0.05, 0) is 36.6 Å². The van der Waals surface area contributed by atoms with Gasteiger partial charge in [0, 0.05) is 35.2 Å². The zero-order chi connectivity index (χ0) is 15.2. The van der Waals surface area contributed by atoms with Crippen LogP contribution >= 0.6 is 11.6 Å². The van der Waals surface area contributed by atoms with Gasteiger partial charge < -0.3 is 9.88 Å². The van der Waals surface area contributed by atoms with Gasteiger partial charge in [-0.2, -0.15) is 0 Å². The third kappa shape index (κ3) is 4.02. The quantitative estimate of drug-likeness (QED) is 0.661. The van der Waals surface area contributed by atoms with E-state index in [0.29, 0.717) is 0 Å². The third-order valence-corrected chi connectivity index (χ3v) is 4.51. The highest BCUT2D eigenvalue weighted by molar-refractivity contribution is 6.31. The van der Waals surface area contributed by atoms with Crippen molar-refractivity contribution < 1.29 is 0 Å². The average Bonchev–Trinajstić information content (AvgIpc) is 2.82. The summed E-state index contributed by atoms with van der Waals surface area (Å²) in [4.78, 5) is 0. The van der Waals surface area contributed by atoms with Crippen LogP contribution in [0.5, 0.6) is 0 Å². The fourth-order valence-electron chi connectivity index (χ4n) is 2.86. The van der Waals surface area contributed by atoms with Crippen LogP contribution in [0, 0.1) is 5.92 Å². The standard InChI is InChI=1S/C18H27ClN2/c1-4-9-20-11-15-13-21(12-14(5-2)6-3)18-10-16(19)7-8-17(15)18/h7-8,10,13-14,20H,4-6,9,11-12H2,1-3H3. The van der Waals surface area contributed by atoms with Gasteiger partial charge in [0.15, 0.2) is 0 Å². The van der Waals surface area contributed by atoms with Crippen LogP contribution < -0.4 is 5.32 Å². The van der Waals surface area contributed by atoms with Crippen LogP contribution in [0.25, 0.3) is 10.9 Å². The Kier molecular flexibility index (Phi) is 6.13. The summed E-state index contributed by atoms with van der Waals surface area (Å²) in [6.45, 7) is 9.82. The summed E-state index contributed by atoms with van der Waals surface area (Å²) in [5, 5.41) is 5.65. The number of benzene rings is 1. The van der Waals surface area contributed by atoms with Crippen LogP contribution in [0.2, 0.25) is 5.02 Å². The summed E-state index contributed by atoms with van der Waals surface area (Å²) in [6, 6.07) is 6.25. The van der Waals surface area contributed by atoms with Crippen LogP contribution in [0.4, 0.5) is 0 Å². The first kappa shape index (κ1) is 16.4. The Labute approximate surface area is 133 Å². The summed E-state index contributed by atoms with van der Waals surface area (Å²) < 4.78 is 2.39. The highest BCUT2D eigenvalue weighted by Crippen LogP contribution is 2.26. The number of nitrogens with one attached hydrogen (secondary N) is 1. The zero-order valence-electron chi connectivity index (χ0n) is 13.5. The highest BCUT2D eigenvalue weighted by atomic mass is 35.5. The topological polar surface area (TPSA) is 17.0 Å². The Morgan fingerprint density at radius 2 is 1.95 bits per heavy atom. The first-order valence-corrected chi connectivity index (χ1v) is 8.55. The molecule has 2 aromatic rings. The summed E-state index contributed by atoms with van der Waals surface area (Å²) in [7, 11) is 0. The van der Waals surface area contributed by atoms with Crippen molar-refractivity contribution in [2.75, 3.05) is 6.54 Å². The highest BCUT2D eigenvalue weighted by Gasteiger charge is 2.12. The van der Waals surface area contributed by atoms with E-state index in [1.807, 2.05) is 6.07 Å². The summed E-state index contributed by atoms with van der Waals surface area (Å²) >= 11 is 6.20. The van der Waals surface area contributed by atoms with E-state index in [9.17, 15) is 0 Å². The van der Waals surface area contributed by atoms with Gasteiger partial charge in [0.25, 0.3) is 0 Å². The van der Waals surface area contributed by atoms with Gasteiger partial charge in [-0.15, -0.1) is 0 Å². The van der Waals surface area contributed by atoms with E-state index in [4.69, 9.17) is 11.6 Å². The maximum atomic E-state index is 6.20. The van der Waals surface area contributed by atoms with E-state index in [0.717, 1.165) is 37.0 Å². The molecule has 0 atom stereocenters. The molecule has 0 amide bonds. The number of hydrogen-bond donors (Lipinski definition) is 1. The molecule has 0 saturated heterocycles. The Balaban J connectivity index is 2.32. The molecular formula is C18H27ClN2. The molecule has 2 nitrogen and oxygen atoms in total. The second-order valence-electron chi connectivity index (χ2n) is 5.83. The minimum Gasteiger partial charge on any atom is -0.347 e. The van der Waals surface area contributed by atoms with E-state index in [1.165, 1.54) is 29.3 Å². The second-order valence-corrected chi connectivity index (χ2v) is 6.26. The third-order valence-electron chi connectivity index (χ3n) is 4.28. The summed E-state index contributed by atoms with van der Waals surface area (Å²) in [5.74, 6) is 0.732. The number of rotatable bonds is 8. The van der Waals surface area contributed by atoms with Crippen molar-refractivity contribution in [3.8, 4) is 0 Å². The Morgan fingerprint density at radius 3 is 2.62 bits per heavy atom. The SMILES string of the molecule is CCCNCc1cn(CC(CC)CC)c2cc(Cl)ccc12. The van der Waals surface area contributed by atoms with Crippen molar-refractivity contribution in [2.24, 2.45) is 5.92 Å². The largest absolute Gasteiger partial charge is 0.347 e. The lowest BCUT2D eigenvalue weighted by Gasteiger charge is -2.14. The van der Waals surface area contributed by atoms with Crippen molar-refractivity contribution in [1.29, 1.82) is 0 Å². The summed E-state index contributed by atoms with van der Waals surface area (Å²) in [5.41, 5.74) is 2.64. The molecule has 3 heteroatoms. The summed E-state index contributed by atoms with van der Waals surface area (Å²) in [6.07, 6.45) is 5.92. The van der Waals surface area contributed by atoms with Crippen LogP contribution in [-0.4, -0.2) is 11.1 Å². The molecule has 21 heavy (non-hydrogen) atoms. The molecule has 1 heterocycles. The molecule has 116 valence electrons. The van der Waals surface area contributed by atoms with Crippen LogP contribution in [0.15, 0.2) is 24.4 Å². The van der Waals surface area contributed by atoms with Crippen molar-refractivity contribution in [3.63, 3.8) is 0 Å². The smallest absolute Gasteiger partial charge is 0.0498 e. The number of nitrogens with zero attached hydrogens (tertiary/aromatic N) is 1. The lowest BCUT2D eigenvalue weighted by atomic mass is 10.0. The molecule has 1 N–H and O–H groups in total. The van der Waals surface area contributed by atoms with E-state index in [-0.39, 0.29) is 0 Å². The fourth-order valence-corrected chi connectivity index (χ4v) is 3.02. The van der Waals surface area contributed by atoms with Gasteiger partial charge in [-0.25, -0.2) is 0 Å². The zero-order valence-corrected chi connectivity index (χ0v) is 14.2. The van der Waals surface area contributed by atoms with Crippen LogP contribution in [0.1, 0.15) is 45.6 Å². The molecule has 0 aliphatic carbocycles. The Morgan fingerprint density at radius 1 is 1.19 bits per heavy atom. The maximum absolute atomic E-state index is 6.20. The second kappa shape index (κ2) is 7.86. The van der Waals surface area contributed by atoms with Gasteiger partial charge in [0.2, 0.25) is 0 Å². The van der Waals surface area contributed by atoms with Gasteiger partial charge in [0.05, 0.1) is 0 Å². The van der Waals surface area contributed by atoms with E-state index >= 15 is 0 Å². The van der Waals surface area contributed by atoms with E-state index < -0.39 is 0 Å². The van der Waals surface area contributed by atoms with Crippen LogP contribution in [0.3, 0.4) is 0 Å². The molecule has 0 saturated carbocycles. The molecule has 1 aromatic heterocycles. The van der Waals surface area contributed by atoms with Crippen molar-refractivity contribution in [2.45, 2.75) is 53.1 Å². The predicted octanol–water partition coefficient (Wildman–Crippen LogP) is 5.23. The van der Waals surface area contributed by atoms with Gasteiger partial charge in [-0.3, -0.25) is 0 Å². The minimum atomic E-state index is 0.732. The van der Waals surface area contributed by atoms with Crippen molar-refractivity contribution in [3.05, 3.63) is 35.0 Å².